The van der Waals surface area contributed by atoms with Gasteiger partial charge in [-0.2, -0.15) is 0 Å². The molecule has 0 aliphatic carbocycles. The molecule has 1 aromatic heterocycles. The standard InChI is InChI=1S/C17H16NO/c1-18-11-5-4-7-16(18)10-9-14-12-15-6-2-3-8-17(15)19-13-14/h2-12H,13H2,1H3/q+1/b10-9+. The van der Waals surface area contributed by atoms with E-state index in [0.29, 0.717) is 6.61 Å². The zero-order valence-corrected chi connectivity index (χ0v) is 10.9. The largest absolute Gasteiger partial charge is 0.488 e. The number of pyridine rings is 1. The van der Waals surface area contributed by atoms with E-state index in [1.54, 1.807) is 0 Å². The lowest BCUT2D eigenvalue weighted by atomic mass is 10.1. The number of aryl methyl sites for hydroxylation is 1. The van der Waals surface area contributed by atoms with Crippen LogP contribution in [-0.2, 0) is 7.05 Å². The number of hydrogen-bond donors (Lipinski definition) is 0. The number of para-hydroxylation sites is 1. The predicted molar refractivity (Wildman–Crippen MR) is 76.6 cm³/mol. The Morgan fingerprint density at radius 1 is 1.05 bits per heavy atom. The summed E-state index contributed by atoms with van der Waals surface area (Å²) in [5.41, 5.74) is 3.50. The van der Waals surface area contributed by atoms with Gasteiger partial charge in [0, 0.05) is 23.8 Å². The van der Waals surface area contributed by atoms with Crippen molar-refractivity contribution in [2.24, 2.45) is 7.05 Å². The average Bonchev–Trinajstić information content (AvgIpc) is 2.46. The Balaban J connectivity index is 1.86. The molecule has 0 bridgehead atoms. The second kappa shape index (κ2) is 5.11. The zero-order valence-electron chi connectivity index (χ0n) is 10.9. The van der Waals surface area contributed by atoms with Crippen molar-refractivity contribution in [2.75, 3.05) is 6.61 Å². The van der Waals surface area contributed by atoms with Crippen LogP contribution in [-0.4, -0.2) is 6.61 Å². The molecule has 0 unspecified atom stereocenters. The van der Waals surface area contributed by atoms with E-state index in [9.17, 15) is 0 Å². The Hall–Kier alpha value is -2.35. The van der Waals surface area contributed by atoms with Gasteiger partial charge in [-0.1, -0.05) is 18.2 Å². The summed E-state index contributed by atoms with van der Waals surface area (Å²) in [5, 5.41) is 0. The summed E-state index contributed by atoms with van der Waals surface area (Å²) >= 11 is 0. The molecule has 0 saturated heterocycles. The second-order valence-corrected chi connectivity index (χ2v) is 4.62. The molecule has 0 spiro atoms. The average molecular weight is 250 g/mol. The third-order valence-electron chi connectivity index (χ3n) is 3.22. The van der Waals surface area contributed by atoms with E-state index in [4.69, 9.17) is 4.74 Å². The third kappa shape index (κ3) is 2.58. The van der Waals surface area contributed by atoms with Crippen molar-refractivity contribution in [3.05, 3.63) is 71.6 Å². The maximum absolute atomic E-state index is 5.73. The topological polar surface area (TPSA) is 13.1 Å². The van der Waals surface area contributed by atoms with Gasteiger partial charge in [0.05, 0.1) is 0 Å². The highest BCUT2D eigenvalue weighted by atomic mass is 16.5. The molecule has 1 aliphatic rings. The fraction of sp³-hybridized carbons (Fsp3) is 0.118. The predicted octanol–water partition coefficient (Wildman–Crippen LogP) is 3.00. The van der Waals surface area contributed by atoms with Crippen LogP contribution in [0.4, 0.5) is 0 Å². The van der Waals surface area contributed by atoms with Gasteiger partial charge >= 0.3 is 0 Å². The smallest absolute Gasteiger partial charge is 0.204 e. The lowest BCUT2D eigenvalue weighted by Crippen LogP contribution is -2.30. The molecule has 0 amide bonds. The number of nitrogens with zero attached hydrogens (tertiary/aromatic N) is 1. The summed E-state index contributed by atoms with van der Waals surface area (Å²) in [6, 6.07) is 14.3. The molecule has 1 aliphatic heterocycles. The highest BCUT2D eigenvalue weighted by Crippen LogP contribution is 2.26. The Morgan fingerprint density at radius 3 is 2.79 bits per heavy atom. The molecule has 0 N–H and O–H groups in total. The first-order valence-corrected chi connectivity index (χ1v) is 6.38. The maximum Gasteiger partial charge on any atom is 0.204 e. The molecule has 2 heteroatoms. The second-order valence-electron chi connectivity index (χ2n) is 4.62. The van der Waals surface area contributed by atoms with E-state index < -0.39 is 0 Å². The van der Waals surface area contributed by atoms with Gasteiger partial charge in [0.1, 0.15) is 19.4 Å². The molecule has 3 rings (SSSR count). The lowest BCUT2D eigenvalue weighted by Gasteiger charge is -2.15. The third-order valence-corrected chi connectivity index (χ3v) is 3.22. The summed E-state index contributed by atoms with van der Waals surface area (Å²) < 4.78 is 7.82. The van der Waals surface area contributed by atoms with Gasteiger partial charge in [-0.15, -0.1) is 0 Å². The number of ether oxygens (including phenoxy) is 1. The van der Waals surface area contributed by atoms with Gasteiger partial charge in [-0.25, -0.2) is 4.57 Å². The Labute approximate surface area is 113 Å². The van der Waals surface area contributed by atoms with Crippen LogP contribution >= 0.6 is 0 Å². The molecule has 1 aromatic carbocycles. The van der Waals surface area contributed by atoms with Gasteiger partial charge in [0.15, 0.2) is 6.20 Å². The highest BCUT2D eigenvalue weighted by Gasteiger charge is 2.08. The Bertz CT molecular complexity index is 656. The lowest BCUT2D eigenvalue weighted by molar-refractivity contribution is -0.673. The monoisotopic (exact) mass is 250 g/mol. The first-order chi connectivity index (χ1) is 9.33. The molecule has 0 fully saturated rings. The number of rotatable bonds is 2. The van der Waals surface area contributed by atoms with Crippen molar-refractivity contribution in [1.29, 1.82) is 0 Å². The quantitative estimate of drug-likeness (QED) is 0.747. The minimum absolute atomic E-state index is 0.629. The van der Waals surface area contributed by atoms with Crippen LogP contribution in [0.2, 0.25) is 0 Å². The molecular weight excluding hydrogens is 234 g/mol. The molecule has 19 heavy (non-hydrogen) atoms. The van der Waals surface area contributed by atoms with Crippen molar-refractivity contribution < 1.29 is 9.30 Å². The molecule has 2 aromatic rings. The van der Waals surface area contributed by atoms with Crippen LogP contribution in [0.5, 0.6) is 5.75 Å². The molecule has 94 valence electrons. The van der Waals surface area contributed by atoms with Crippen molar-refractivity contribution >= 4 is 12.2 Å². The van der Waals surface area contributed by atoms with E-state index in [-0.39, 0.29) is 0 Å². The van der Waals surface area contributed by atoms with Crippen molar-refractivity contribution in [2.45, 2.75) is 0 Å². The summed E-state index contributed by atoms with van der Waals surface area (Å²) in [6.07, 6.45) is 8.45. The van der Waals surface area contributed by atoms with Gasteiger partial charge < -0.3 is 4.74 Å². The van der Waals surface area contributed by atoms with Crippen molar-refractivity contribution in [3.8, 4) is 5.75 Å². The van der Waals surface area contributed by atoms with Gasteiger partial charge in [0.25, 0.3) is 0 Å². The van der Waals surface area contributed by atoms with E-state index in [1.807, 2.05) is 43.6 Å². The SMILES string of the molecule is C[n+]1ccccc1/C=C/C1=Cc2ccccc2OC1. The fourth-order valence-corrected chi connectivity index (χ4v) is 2.13. The highest BCUT2D eigenvalue weighted by molar-refractivity contribution is 5.66. The van der Waals surface area contributed by atoms with Crippen LogP contribution in [0.1, 0.15) is 11.3 Å². The summed E-state index contributed by atoms with van der Waals surface area (Å²) in [7, 11) is 2.04. The molecule has 2 nitrogen and oxygen atoms in total. The minimum atomic E-state index is 0.629. The van der Waals surface area contributed by atoms with E-state index in [1.165, 1.54) is 11.3 Å². The number of aromatic nitrogens is 1. The molecule has 0 atom stereocenters. The van der Waals surface area contributed by atoms with Crippen molar-refractivity contribution in [3.63, 3.8) is 0 Å². The zero-order chi connectivity index (χ0) is 13.1. The van der Waals surface area contributed by atoms with E-state index in [0.717, 1.165) is 11.3 Å². The van der Waals surface area contributed by atoms with Crippen LogP contribution in [0.3, 0.4) is 0 Å². The Kier molecular flexibility index (Phi) is 3.15. The number of benzene rings is 1. The van der Waals surface area contributed by atoms with Crippen molar-refractivity contribution in [1.82, 2.24) is 0 Å². The van der Waals surface area contributed by atoms with E-state index >= 15 is 0 Å². The summed E-state index contributed by atoms with van der Waals surface area (Å²) in [5.74, 6) is 0.963. The first kappa shape index (κ1) is 11.7. The number of hydrogen-bond acceptors (Lipinski definition) is 1. The summed E-state index contributed by atoms with van der Waals surface area (Å²) in [6.45, 7) is 0.629. The van der Waals surface area contributed by atoms with Crippen LogP contribution < -0.4 is 9.30 Å². The summed E-state index contributed by atoms with van der Waals surface area (Å²) in [4.78, 5) is 0. The molecule has 2 heterocycles. The first-order valence-electron chi connectivity index (χ1n) is 6.38. The van der Waals surface area contributed by atoms with Crippen LogP contribution in [0.25, 0.3) is 12.2 Å². The molecular formula is C17H16NO+. The van der Waals surface area contributed by atoms with Gasteiger partial charge in [-0.3, -0.25) is 0 Å². The van der Waals surface area contributed by atoms with Crippen LogP contribution in [0.15, 0.2) is 60.3 Å². The number of fused-ring (bicyclic) bond motifs is 1. The maximum atomic E-state index is 5.73. The molecule has 0 saturated carbocycles. The van der Waals surface area contributed by atoms with E-state index in [2.05, 4.69) is 34.9 Å². The normalized spacial score (nSPS) is 13.8. The van der Waals surface area contributed by atoms with Gasteiger partial charge in [0.2, 0.25) is 5.69 Å². The molecule has 0 radical (unpaired) electrons. The fourth-order valence-electron chi connectivity index (χ4n) is 2.13. The van der Waals surface area contributed by atoms with Crippen LogP contribution in [0, 0.1) is 0 Å². The minimum Gasteiger partial charge on any atom is -0.488 e. The Morgan fingerprint density at radius 2 is 1.89 bits per heavy atom. The van der Waals surface area contributed by atoms with Gasteiger partial charge in [-0.05, 0) is 29.9 Å².